The van der Waals surface area contributed by atoms with Crippen LogP contribution in [0.2, 0.25) is 0 Å². The minimum atomic E-state index is -0.276. The Bertz CT molecular complexity index is 1140. The summed E-state index contributed by atoms with van der Waals surface area (Å²) in [6, 6.07) is 8.29. The van der Waals surface area contributed by atoms with Crippen molar-refractivity contribution in [1.29, 1.82) is 0 Å². The minimum absolute atomic E-state index is 0.0160. The molecule has 0 spiro atoms. The molecular weight excluding hydrogens is 345 g/mol. The normalized spacial score (nSPS) is 15.5. The molecule has 0 radical (unpaired) electrons. The number of rotatable bonds is 2. The van der Waals surface area contributed by atoms with Gasteiger partial charge in [-0.1, -0.05) is 13.8 Å². The molecule has 5 rings (SSSR count). The summed E-state index contributed by atoms with van der Waals surface area (Å²) in [5, 5.41) is 12.0. The average Bonchev–Trinajstić information content (AvgIpc) is 3.25. The fraction of sp³-hybridized carbons (Fsp3) is 0.250. The SMILES string of the molecule is CC1(C)COc2c(-c3ccnc4cn[nH]c34)c(-c3ccc(F)cc3)nn2C1. The van der Waals surface area contributed by atoms with Crippen molar-refractivity contribution in [3.8, 4) is 28.3 Å². The predicted octanol–water partition coefficient (Wildman–Crippen LogP) is 4.05. The molecule has 0 saturated heterocycles. The van der Waals surface area contributed by atoms with Crippen LogP contribution in [-0.2, 0) is 6.54 Å². The Morgan fingerprint density at radius 3 is 2.81 bits per heavy atom. The van der Waals surface area contributed by atoms with Crippen molar-refractivity contribution < 1.29 is 9.13 Å². The molecule has 1 aromatic carbocycles. The molecule has 4 aromatic rings. The van der Waals surface area contributed by atoms with Gasteiger partial charge in [0, 0.05) is 22.7 Å². The first kappa shape index (κ1) is 16.0. The Morgan fingerprint density at radius 2 is 2.00 bits per heavy atom. The van der Waals surface area contributed by atoms with Crippen LogP contribution in [0.3, 0.4) is 0 Å². The van der Waals surface area contributed by atoms with Crippen LogP contribution in [0.25, 0.3) is 33.4 Å². The first-order valence-corrected chi connectivity index (χ1v) is 8.80. The van der Waals surface area contributed by atoms with Crippen molar-refractivity contribution in [3.05, 3.63) is 48.5 Å². The molecule has 4 heterocycles. The zero-order chi connectivity index (χ0) is 18.6. The van der Waals surface area contributed by atoms with Gasteiger partial charge in [0.2, 0.25) is 5.88 Å². The van der Waals surface area contributed by atoms with Gasteiger partial charge in [0.1, 0.15) is 17.0 Å². The number of ether oxygens (including phenoxy) is 1. The van der Waals surface area contributed by atoms with Gasteiger partial charge in [-0.25, -0.2) is 9.07 Å². The van der Waals surface area contributed by atoms with Crippen LogP contribution in [0.15, 0.2) is 42.7 Å². The summed E-state index contributed by atoms with van der Waals surface area (Å²) in [5.41, 5.74) is 4.95. The molecule has 1 N–H and O–H groups in total. The van der Waals surface area contributed by atoms with Gasteiger partial charge in [-0.3, -0.25) is 10.1 Å². The zero-order valence-electron chi connectivity index (χ0n) is 15.0. The number of nitrogens with one attached hydrogen (secondary N) is 1. The number of aromatic amines is 1. The van der Waals surface area contributed by atoms with Gasteiger partial charge in [0.05, 0.1) is 30.4 Å². The lowest BCUT2D eigenvalue weighted by molar-refractivity contribution is 0.101. The Labute approximate surface area is 155 Å². The van der Waals surface area contributed by atoms with Crippen LogP contribution < -0.4 is 4.74 Å². The van der Waals surface area contributed by atoms with Gasteiger partial charge in [0.25, 0.3) is 0 Å². The first-order valence-electron chi connectivity index (χ1n) is 8.80. The smallest absolute Gasteiger partial charge is 0.220 e. The van der Waals surface area contributed by atoms with Crippen LogP contribution in [-0.4, -0.2) is 31.6 Å². The molecule has 0 aliphatic carbocycles. The summed E-state index contributed by atoms with van der Waals surface area (Å²) in [6.07, 6.45) is 3.44. The lowest BCUT2D eigenvalue weighted by Crippen LogP contribution is -2.33. The third kappa shape index (κ3) is 2.58. The first-order chi connectivity index (χ1) is 13.0. The Balaban J connectivity index is 1.79. The number of nitrogens with zero attached hydrogens (tertiary/aromatic N) is 4. The number of halogens is 1. The van der Waals surface area contributed by atoms with E-state index in [1.807, 2.05) is 10.7 Å². The Kier molecular flexibility index (Phi) is 3.34. The topological polar surface area (TPSA) is 68.6 Å². The van der Waals surface area contributed by atoms with Gasteiger partial charge >= 0.3 is 0 Å². The number of hydrogen-bond acceptors (Lipinski definition) is 4. The van der Waals surface area contributed by atoms with Crippen LogP contribution in [0.1, 0.15) is 13.8 Å². The molecule has 0 bridgehead atoms. The van der Waals surface area contributed by atoms with Crippen LogP contribution in [0.5, 0.6) is 5.88 Å². The van der Waals surface area contributed by atoms with E-state index in [-0.39, 0.29) is 11.2 Å². The van der Waals surface area contributed by atoms with Crippen LogP contribution in [0, 0.1) is 11.2 Å². The van der Waals surface area contributed by atoms with Gasteiger partial charge < -0.3 is 4.74 Å². The van der Waals surface area contributed by atoms with Gasteiger partial charge in [-0.2, -0.15) is 10.2 Å². The molecule has 3 aromatic heterocycles. The maximum Gasteiger partial charge on any atom is 0.220 e. The number of pyridine rings is 1. The molecule has 0 amide bonds. The van der Waals surface area contributed by atoms with Crippen molar-refractivity contribution in [1.82, 2.24) is 25.0 Å². The summed E-state index contributed by atoms with van der Waals surface area (Å²) in [4.78, 5) is 4.35. The van der Waals surface area contributed by atoms with Gasteiger partial charge in [-0.05, 0) is 30.3 Å². The zero-order valence-corrected chi connectivity index (χ0v) is 15.0. The highest BCUT2D eigenvalue weighted by molar-refractivity contribution is 5.97. The van der Waals surface area contributed by atoms with E-state index in [9.17, 15) is 4.39 Å². The molecule has 1 aliphatic heterocycles. The fourth-order valence-electron chi connectivity index (χ4n) is 3.53. The maximum atomic E-state index is 13.4. The molecule has 6 nitrogen and oxygen atoms in total. The largest absolute Gasteiger partial charge is 0.477 e. The predicted molar refractivity (Wildman–Crippen MR) is 99.8 cm³/mol. The highest BCUT2D eigenvalue weighted by Gasteiger charge is 2.33. The molecule has 1 aliphatic rings. The molecule has 0 unspecified atom stereocenters. The highest BCUT2D eigenvalue weighted by atomic mass is 19.1. The highest BCUT2D eigenvalue weighted by Crippen LogP contribution is 2.44. The third-order valence-corrected chi connectivity index (χ3v) is 4.81. The molecular formula is C20H18FN5O. The van der Waals surface area contributed by atoms with Crippen molar-refractivity contribution >= 4 is 11.0 Å². The average molecular weight is 363 g/mol. The Morgan fingerprint density at radius 1 is 1.19 bits per heavy atom. The summed E-state index contributed by atoms with van der Waals surface area (Å²) in [7, 11) is 0. The quantitative estimate of drug-likeness (QED) is 0.583. The number of benzene rings is 1. The minimum Gasteiger partial charge on any atom is -0.477 e. The number of hydrogen-bond donors (Lipinski definition) is 1. The summed E-state index contributed by atoms with van der Waals surface area (Å²) >= 11 is 0. The van der Waals surface area contributed by atoms with E-state index in [4.69, 9.17) is 9.84 Å². The molecule has 0 atom stereocenters. The second-order valence-corrected chi connectivity index (χ2v) is 7.63. The molecule has 0 fully saturated rings. The van der Waals surface area contributed by atoms with Crippen molar-refractivity contribution in [2.45, 2.75) is 20.4 Å². The van der Waals surface area contributed by atoms with Crippen molar-refractivity contribution in [2.24, 2.45) is 5.41 Å². The van der Waals surface area contributed by atoms with Crippen molar-refractivity contribution in [2.75, 3.05) is 6.61 Å². The molecule has 136 valence electrons. The van der Waals surface area contributed by atoms with E-state index in [1.54, 1.807) is 24.5 Å². The number of fused-ring (bicyclic) bond motifs is 2. The Hall–Kier alpha value is -3.22. The number of H-pyrrole nitrogens is 1. The second kappa shape index (κ2) is 5.64. The van der Waals surface area contributed by atoms with E-state index in [1.165, 1.54) is 12.1 Å². The summed E-state index contributed by atoms with van der Waals surface area (Å²) in [6.45, 7) is 5.64. The van der Waals surface area contributed by atoms with Gasteiger partial charge in [0.15, 0.2) is 0 Å². The molecule has 7 heteroatoms. The lowest BCUT2D eigenvalue weighted by Gasteiger charge is -2.30. The van der Waals surface area contributed by atoms with Crippen LogP contribution >= 0.6 is 0 Å². The maximum absolute atomic E-state index is 13.4. The fourth-order valence-corrected chi connectivity index (χ4v) is 3.53. The van der Waals surface area contributed by atoms with E-state index in [0.29, 0.717) is 6.61 Å². The second-order valence-electron chi connectivity index (χ2n) is 7.63. The van der Waals surface area contributed by atoms with Crippen molar-refractivity contribution in [3.63, 3.8) is 0 Å². The van der Waals surface area contributed by atoms with E-state index in [2.05, 4.69) is 29.0 Å². The van der Waals surface area contributed by atoms with Gasteiger partial charge in [-0.15, -0.1) is 0 Å². The molecule has 0 saturated carbocycles. The lowest BCUT2D eigenvalue weighted by atomic mass is 9.93. The van der Waals surface area contributed by atoms with E-state index in [0.717, 1.165) is 45.8 Å². The third-order valence-electron chi connectivity index (χ3n) is 4.81. The molecule has 27 heavy (non-hydrogen) atoms. The standard InChI is InChI=1S/C20H18FN5O/c1-20(2)10-26-19(27-11-20)16(14-7-8-22-15-9-23-24-18(14)15)17(25-26)12-3-5-13(21)6-4-12/h3-9H,10-11H2,1-2H3,(H,23,24). The monoisotopic (exact) mass is 363 g/mol. The summed E-state index contributed by atoms with van der Waals surface area (Å²) in [5.74, 6) is 0.442. The summed E-state index contributed by atoms with van der Waals surface area (Å²) < 4.78 is 21.5. The van der Waals surface area contributed by atoms with E-state index >= 15 is 0 Å². The van der Waals surface area contributed by atoms with Crippen LogP contribution in [0.4, 0.5) is 4.39 Å². The van der Waals surface area contributed by atoms with E-state index < -0.39 is 0 Å². The number of aromatic nitrogens is 5.